The van der Waals surface area contributed by atoms with E-state index in [-0.39, 0.29) is 5.91 Å². The molecule has 0 radical (unpaired) electrons. The molecule has 1 saturated heterocycles. The summed E-state index contributed by atoms with van der Waals surface area (Å²) < 4.78 is 5.75. The van der Waals surface area contributed by atoms with Gasteiger partial charge >= 0.3 is 0 Å². The lowest BCUT2D eigenvalue weighted by Gasteiger charge is -2.16. The second-order valence-corrected chi connectivity index (χ2v) is 7.56. The fourth-order valence-corrected chi connectivity index (χ4v) is 3.54. The Morgan fingerprint density at radius 1 is 1.10 bits per heavy atom. The molecule has 2 N–H and O–H groups in total. The van der Waals surface area contributed by atoms with Crippen molar-refractivity contribution in [3.8, 4) is 5.75 Å². The third kappa shape index (κ3) is 5.99. The number of nitrogens with one attached hydrogen (secondary N) is 2. The standard InChI is InChI=1S/C24H32N4O2/c1-4-30-22-14-18(2)7-12-21(22)16-27-24(25-3)26-15-19-8-10-20(11-9-19)17-28-13-5-6-23(28)29/h7-12,14H,4-6,13,15-17H2,1-3H3,(H2,25,26,27). The molecule has 2 aromatic carbocycles. The predicted molar refractivity (Wildman–Crippen MR) is 120 cm³/mol. The van der Waals surface area contributed by atoms with Gasteiger partial charge in [-0.05, 0) is 43.0 Å². The number of hydrogen-bond donors (Lipinski definition) is 2. The van der Waals surface area contributed by atoms with E-state index in [2.05, 4.69) is 65.0 Å². The molecular formula is C24H32N4O2. The van der Waals surface area contributed by atoms with E-state index in [9.17, 15) is 4.79 Å². The van der Waals surface area contributed by atoms with E-state index in [4.69, 9.17) is 4.74 Å². The first-order valence-electron chi connectivity index (χ1n) is 10.6. The van der Waals surface area contributed by atoms with E-state index in [0.717, 1.165) is 30.2 Å². The minimum Gasteiger partial charge on any atom is -0.494 e. The summed E-state index contributed by atoms with van der Waals surface area (Å²) >= 11 is 0. The van der Waals surface area contributed by atoms with Gasteiger partial charge in [0.1, 0.15) is 5.75 Å². The molecule has 3 rings (SSSR count). The van der Waals surface area contributed by atoms with Gasteiger partial charge in [0.05, 0.1) is 6.61 Å². The van der Waals surface area contributed by atoms with Gasteiger partial charge in [0.25, 0.3) is 0 Å². The van der Waals surface area contributed by atoms with E-state index < -0.39 is 0 Å². The molecule has 1 heterocycles. The summed E-state index contributed by atoms with van der Waals surface area (Å²) in [6.07, 6.45) is 1.66. The zero-order valence-corrected chi connectivity index (χ0v) is 18.2. The third-order valence-corrected chi connectivity index (χ3v) is 5.22. The van der Waals surface area contributed by atoms with Crippen LogP contribution in [0.2, 0.25) is 0 Å². The number of amides is 1. The molecule has 1 amide bonds. The van der Waals surface area contributed by atoms with E-state index in [1.807, 2.05) is 11.8 Å². The second kappa shape index (κ2) is 10.7. The van der Waals surface area contributed by atoms with Crippen molar-refractivity contribution in [2.24, 2.45) is 4.99 Å². The predicted octanol–water partition coefficient (Wildman–Crippen LogP) is 3.38. The average Bonchev–Trinajstić information content (AvgIpc) is 3.15. The van der Waals surface area contributed by atoms with Crippen molar-refractivity contribution in [1.29, 1.82) is 0 Å². The Morgan fingerprint density at radius 2 is 1.83 bits per heavy atom. The fraction of sp³-hybridized carbons (Fsp3) is 0.417. The van der Waals surface area contributed by atoms with Crippen LogP contribution in [0.25, 0.3) is 0 Å². The first-order valence-corrected chi connectivity index (χ1v) is 10.6. The van der Waals surface area contributed by atoms with Gasteiger partial charge in [-0.15, -0.1) is 0 Å². The van der Waals surface area contributed by atoms with Crippen molar-refractivity contribution in [2.45, 2.75) is 46.3 Å². The maximum atomic E-state index is 11.8. The van der Waals surface area contributed by atoms with E-state index >= 15 is 0 Å². The lowest BCUT2D eigenvalue weighted by atomic mass is 10.1. The van der Waals surface area contributed by atoms with Crippen LogP contribution in [0.3, 0.4) is 0 Å². The highest BCUT2D eigenvalue weighted by atomic mass is 16.5. The lowest BCUT2D eigenvalue weighted by molar-refractivity contribution is -0.128. The zero-order valence-electron chi connectivity index (χ0n) is 18.2. The number of guanidine groups is 1. The summed E-state index contributed by atoms with van der Waals surface area (Å²) in [5.41, 5.74) is 4.62. The summed E-state index contributed by atoms with van der Waals surface area (Å²) in [4.78, 5) is 18.0. The zero-order chi connectivity index (χ0) is 21.3. The van der Waals surface area contributed by atoms with Gasteiger partial charge in [0.15, 0.2) is 5.96 Å². The van der Waals surface area contributed by atoms with Crippen molar-refractivity contribution in [3.05, 3.63) is 64.7 Å². The van der Waals surface area contributed by atoms with Crippen LogP contribution in [0.5, 0.6) is 5.75 Å². The normalized spacial score (nSPS) is 14.2. The van der Waals surface area contributed by atoms with Gasteiger partial charge < -0.3 is 20.3 Å². The SMILES string of the molecule is CCOc1cc(C)ccc1CNC(=NC)NCc1ccc(CN2CCCC2=O)cc1. The van der Waals surface area contributed by atoms with Crippen LogP contribution in [-0.2, 0) is 24.4 Å². The smallest absolute Gasteiger partial charge is 0.222 e. The molecule has 0 aromatic heterocycles. The molecule has 0 unspecified atom stereocenters. The number of nitrogens with zero attached hydrogens (tertiary/aromatic N) is 2. The van der Waals surface area contributed by atoms with E-state index in [1.54, 1.807) is 7.05 Å². The number of carbonyl (C=O) groups excluding carboxylic acids is 1. The van der Waals surface area contributed by atoms with Crippen molar-refractivity contribution >= 4 is 11.9 Å². The number of aryl methyl sites for hydroxylation is 1. The van der Waals surface area contributed by atoms with Gasteiger partial charge in [-0.2, -0.15) is 0 Å². The maximum Gasteiger partial charge on any atom is 0.222 e. The fourth-order valence-electron chi connectivity index (χ4n) is 3.54. The van der Waals surface area contributed by atoms with E-state index in [1.165, 1.54) is 16.7 Å². The van der Waals surface area contributed by atoms with Gasteiger partial charge in [-0.1, -0.05) is 36.4 Å². The molecule has 160 valence electrons. The molecule has 6 heteroatoms. The maximum absolute atomic E-state index is 11.8. The van der Waals surface area contributed by atoms with Gasteiger partial charge in [-0.25, -0.2) is 0 Å². The van der Waals surface area contributed by atoms with Crippen LogP contribution in [0.15, 0.2) is 47.5 Å². The third-order valence-electron chi connectivity index (χ3n) is 5.22. The summed E-state index contributed by atoms with van der Waals surface area (Å²) in [7, 11) is 1.77. The quantitative estimate of drug-likeness (QED) is 0.519. The topological polar surface area (TPSA) is 66.0 Å². The molecule has 0 bridgehead atoms. The van der Waals surface area contributed by atoms with E-state index in [0.29, 0.717) is 32.7 Å². The Morgan fingerprint density at radius 3 is 2.50 bits per heavy atom. The molecule has 0 saturated carbocycles. The molecule has 0 atom stereocenters. The number of likely N-dealkylation sites (tertiary alicyclic amines) is 1. The van der Waals surface area contributed by atoms with Crippen LogP contribution in [0, 0.1) is 6.92 Å². The van der Waals surface area contributed by atoms with Gasteiger partial charge in [0.2, 0.25) is 5.91 Å². The van der Waals surface area contributed by atoms with Crippen molar-refractivity contribution in [1.82, 2.24) is 15.5 Å². The average molecular weight is 409 g/mol. The van der Waals surface area contributed by atoms with Crippen LogP contribution in [0.4, 0.5) is 0 Å². The molecule has 2 aromatic rings. The van der Waals surface area contributed by atoms with Crippen molar-refractivity contribution in [2.75, 3.05) is 20.2 Å². The second-order valence-electron chi connectivity index (χ2n) is 7.56. The molecule has 6 nitrogen and oxygen atoms in total. The Labute approximate surface area is 179 Å². The summed E-state index contributed by atoms with van der Waals surface area (Å²) in [6.45, 7) is 7.59. The molecular weight excluding hydrogens is 376 g/mol. The van der Waals surface area contributed by atoms with Gasteiger partial charge in [-0.3, -0.25) is 9.79 Å². The molecule has 0 spiro atoms. The summed E-state index contributed by atoms with van der Waals surface area (Å²) in [6, 6.07) is 14.6. The summed E-state index contributed by atoms with van der Waals surface area (Å²) in [5, 5.41) is 6.71. The molecule has 30 heavy (non-hydrogen) atoms. The number of aliphatic imine (C=N–C) groups is 1. The molecule has 1 fully saturated rings. The molecule has 0 aliphatic carbocycles. The highest BCUT2D eigenvalue weighted by Gasteiger charge is 2.19. The minimum atomic E-state index is 0.261. The first-order chi connectivity index (χ1) is 14.6. The number of rotatable bonds is 8. The Kier molecular flexibility index (Phi) is 7.71. The first kappa shape index (κ1) is 21.7. The van der Waals surface area contributed by atoms with Gasteiger partial charge in [0, 0.05) is 45.2 Å². The Hall–Kier alpha value is -3.02. The monoisotopic (exact) mass is 408 g/mol. The Balaban J connectivity index is 1.50. The van der Waals surface area contributed by atoms with Crippen LogP contribution < -0.4 is 15.4 Å². The minimum absolute atomic E-state index is 0.261. The number of ether oxygens (including phenoxy) is 1. The van der Waals surface area contributed by atoms with Crippen LogP contribution >= 0.6 is 0 Å². The van der Waals surface area contributed by atoms with Crippen molar-refractivity contribution in [3.63, 3.8) is 0 Å². The highest BCUT2D eigenvalue weighted by molar-refractivity contribution is 5.79. The number of hydrogen-bond acceptors (Lipinski definition) is 3. The number of benzene rings is 2. The summed E-state index contributed by atoms with van der Waals surface area (Å²) in [5.74, 6) is 1.91. The highest BCUT2D eigenvalue weighted by Crippen LogP contribution is 2.20. The Bertz CT molecular complexity index is 877. The number of carbonyl (C=O) groups is 1. The molecule has 1 aliphatic heterocycles. The largest absolute Gasteiger partial charge is 0.494 e. The van der Waals surface area contributed by atoms with Crippen LogP contribution in [-0.4, -0.2) is 37.0 Å². The van der Waals surface area contributed by atoms with Crippen molar-refractivity contribution < 1.29 is 9.53 Å². The molecule has 1 aliphatic rings. The lowest BCUT2D eigenvalue weighted by Crippen LogP contribution is -2.36. The van der Waals surface area contributed by atoms with Crippen LogP contribution in [0.1, 0.15) is 42.0 Å².